The van der Waals surface area contributed by atoms with Crippen LogP contribution in [0, 0.1) is 0 Å². The van der Waals surface area contributed by atoms with E-state index in [1.165, 1.54) is 10.8 Å². The van der Waals surface area contributed by atoms with Gasteiger partial charge in [0.25, 0.3) is 0 Å². The van der Waals surface area contributed by atoms with Crippen LogP contribution in [-0.2, 0) is 4.74 Å². The van der Waals surface area contributed by atoms with Crippen molar-refractivity contribution in [3.8, 4) is 0 Å². The quantitative estimate of drug-likeness (QED) is 0.846. The third-order valence-corrected chi connectivity index (χ3v) is 3.39. The van der Waals surface area contributed by atoms with Gasteiger partial charge in [-0.3, -0.25) is 0 Å². The summed E-state index contributed by atoms with van der Waals surface area (Å²) >= 11 is 3.48. The fraction of sp³-hybridized carbons (Fsp3) is 0.333. The van der Waals surface area contributed by atoms with Gasteiger partial charge in [0.15, 0.2) is 0 Å². The van der Waals surface area contributed by atoms with Gasteiger partial charge in [0.1, 0.15) is 0 Å². The number of hydrogen-bond acceptors (Lipinski definition) is 2. The second kappa shape index (κ2) is 6.32. The number of benzene rings is 2. The lowest BCUT2D eigenvalue weighted by Gasteiger charge is -2.13. The highest BCUT2D eigenvalue weighted by molar-refractivity contribution is 9.10. The van der Waals surface area contributed by atoms with Gasteiger partial charge in [-0.15, -0.1) is 0 Å². The second-order valence-electron chi connectivity index (χ2n) is 4.43. The van der Waals surface area contributed by atoms with Gasteiger partial charge in [0, 0.05) is 11.1 Å². The number of nitrogens with two attached hydrogens (primary N) is 1. The lowest BCUT2D eigenvalue weighted by atomic mass is 10.0. The highest BCUT2D eigenvalue weighted by atomic mass is 79.9. The summed E-state index contributed by atoms with van der Waals surface area (Å²) in [5.41, 5.74) is 7.25. The van der Waals surface area contributed by atoms with E-state index in [1.54, 1.807) is 0 Å². The monoisotopic (exact) mass is 307 g/mol. The van der Waals surface area contributed by atoms with Crippen molar-refractivity contribution in [2.45, 2.75) is 19.4 Å². The first-order valence-corrected chi connectivity index (χ1v) is 7.02. The van der Waals surface area contributed by atoms with Gasteiger partial charge in [-0.1, -0.05) is 41.1 Å². The van der Waals surface area contributed by atoms with Gasteiger partial charge >= 0.3 is 0 Å². The maximum atomic E-state index is 6.12. The molecule has 1 atom stereocenters. The lowest BCUT2D eigenvalue weighted by Crippen LogP contribution is -2.17. The Labute approximate surface area is 116 Å². The Hall–Kier alpha value is -0.900. The molecule has 3 heteroatoms. The Morgan fingerprint density at radius 1 is 1.17 bits per heavy atom. The molecular formula is C15H18BrNO. The molecule has 0 radical (unpaired) electrons. The summed E-state index contributed by atoms with van der Waals surface area (Å²) < 4.78 is 6.59. The van der Waals surface area contributed by atoms with E-state index < -0.39 is 0 Å². The molecule has 0 aliphatic carbocycles. The van der Waals surface area contributed by atoms with E-state index in [2.05, 4.69) is 53.2 Å². The molecule has 0 saturated carbocycles. The normalized spacial score (nSPS) is 12.8. The van der Waals surface area contributed by atoms with Crippen LogP contribution >= 0.6 is 15.9 Å². The molecular weight excluding hydrogens is 290 g/mol. The fourth-order valence-electron chi connectivity index (χ4n) is 1.92. The number of ether oxygens (including phenoxy) is 1. The zero-order valence-electron chi connectivity index (χ0n) is 10.5. The van der Waals surface area contributed by atoms with E-state index >= 15 is 0 Å². The van der Waals surface area contributed by atoms with Gasteiger partial charge in [0.05, 0.1) is 12.6 Å². The van der Waals surface area contributed by atoms with Crippen molar-refractivity contribution >= 4 is 26.7 Å². The Bertz CT molecular complexity index is 527. The highest BCUT2D eigenvalue weighted by Gasteiger charge is 2.06. The predicted octanol–water partition coefficient (Wildman–Crippen LogP) is 4.03. The second-order valence-corrected chi connectivity index (χ2v) is 5.35. The SMILES string of the molecule is CCCOCC(N)c1ccc2cc(Br)ccc2c1. The topological polar surface area (TPSA) is 35.2 Å². The molecule has 0 fully saturated rings. The third-order valence-electron chi connectivity index (χ3n) is 2.90. The third kappa shape index (κ3) is 3.31. The molecule has 2 rings (SSSR count). The molecule has 0 spiro atoms. The Kier molecular flexibility index (Phi) is 4.75. The van der Waals surface area contributed by atoms with E-state index in [-0.39, 0.29) is 6.04 Å². The maximum Gasteiger partial charge on any atom is 0.0659 e. The van der Waals surface area contributed by atoms with Gasteiger partial charge in [-0.25, -0.2) is 0 Å². The Morgan fingerprint density at radius 2 is 1.89 bits per heavy atom. The van der Waals surface area contributed by atoms with Crippen molar-refractivity contribution in [2.24, 2.45) is 5.73 Å². The first-order chi connectivity index (χ1) is 8.70. The molecule has 0 amide bonds. The zero-order valence-corrected chi connectivity index (χ0v) is 12.1. The predicted molar refractivity (Wildman–Crippen MR) is 79.7 cm³/mol. The minimum absolute atomic E-state index is 0.0513. The zero-order chi connectivity index (χ0) is 13.0. The van der Waals surface area contributed by atoms with Crippen LogP contribution in [0.25, 0.3) is 10.8 Å². The summed E-state index contributed by atoms with van der Waals surface area (Å²) in [6.07, 6.45) is 1.03. The molecule has 2 N–H and O–H groups in total. The molecule has 0 bridgehead atoms. The number of halogens is 1. The highest BCUT2D eigenvalue weighted by Crippen LogP contribution is 2.23. The number of rotatable bonds is 5. The number of hydrogen-bond donors (Lipinski definition) is 1. The van der Waals surface area contributed by atoms with Gasteiger partial charge in [0.2, 0.25) is 0 Å². The van der Waals surface area contributed by atoms with Crippen molar-refractivity contribution in [1.82, 2.24) is 0 Å². The van der Waals surface area contributed by atoms with Gasteiger partial charge in [-0.2, -0.15) is 0 Å². The van der Waals surface area contributed by atoms with Crippen LogP contribution in [0.15, 0.2) is 40.9 Å². The van der Waals surface area contributed by atoms with Crippen LogP contribution in [0.3, 0.4) is 0 Å². The van der Waals surface area contributed by atoms with Crippen LogP contribution in [0.2, 0.25) is 0 Å². The molecule has 0 saturated heterocycles. The van der Waals surface area contributed by atoms with Crippen LogP contribution < -0.4 is 5.73 Å². The fourth-order valence-corrected chi connectivity index (χ4v) is 2.30. The van der Waals surface area contributed by atoms with Gasteiger partial charge in [-0.05, 0) is 41.0 Å². The molecule has 0 heterocycles. The van der Waals surface area contributed by atoms with Crippen molar-refractivity contribution in [3.05, 3.63) is 46.4 Å². The molecule has 0 aliphatic rings. The summed E-state index contributed by atoms with van der Waals surface area (Å²) in [5.74, 6) is 0. The maximum absolute atomic E-state index is 6.12. The summed E-state index contributed by atoms with van der Waals surface area (Å²) in [6.45, 7) is 3.45. The molecule has 0 aromatic heterocycles. The summed E-state index contributed by atoms with van der Waals surface area (Å²) in [5, 5.41) is 2.43. The molecule has 96 valence electrons. The largest absolute Gasteiger partial charge is 0.379 e. The van der Waals surface area contributed by atoms with E-state index in [1.807, 2.05) is 6.07 Å². The van der Waals surface area contributed by atoms with Crippen LogP contribution in [0.5, 0.6) is 0 Å². The smallest absolute Gasteiger partial charge is 0.0659 e. The molecule has 2 nitrogen and oxygen atoms in total. The Balaban J connectivity index is 2.16. The lowest BCUT2D eigenvalue weighted by molar-refractivity contribution is 0.121. The minimum atomic E-state index is -0.0513. The first kappa shape index (κ1) is 13.5. The molecule has 2 aromatic carbocycles. The molecule has 18 heavy (non-hydrogen) atoms. The average Bonchev–Trinajstić information content (AvgIpc) is 2.38. The van der Waals surface area contributed by atoms with Crippen molar-refractivity contribution in [3.63, 3.8) is 0 Å². The van der Waals surface area contributed by atoms with Crippen molar-refractivity contribution in [1.29, 1.82) is 0 Å². The van der Waals surface area contributed by atoms with E-state index in [0.29, 0.717) is 6.61 Å². The molecule has 2 aromatic rings. The summed E-state index contributed by atoms with van der Waals surface area (Å²) in [7, 11) is 0. The summed E-state index contributed by atoms with van der Waals surface area (Å²) in [4.78, 5) is 0. The Morgan fingerprint density at radius 3 is 2.67 bits per heavy atom. The number of fused-ring (bicyclic) bond motifs is 1. The average molecular weight is 308 g/mol. The standard InChI is InChI=1S/C15H18BrNO/c1-2-7-18-10-15(17)13-4-3-12-9-14(16)6-5-11(12)8-13/h3-6,8-9,15H,2,7,10,17H2,1H3. The van der Waals surface area contributed by atoms with E-state index in [9.17, 15) is 0 Å². The van der Waals surface area contributed by atoms with Crippen LogP contribution in [0.1, 0.15) is 24.9 Å². The van der Waals surface area contributed by atoms with Crippen LogP contribution in [-0.4, -0.2) is 13.2 Å². The van der Waals surface area contributed by atoms with Crippen molar-refractivity contribution in [2.75, 3.05) is 13.2 Å². The minimum Gasteiger partial charge on any atom is -0.379 e. The van der Waals surface area contributed by atoms with Crippen molar-refractivity contribution < 1.29 is 4.74 Å². The first-order valence-electron chi connectivity index (χ1n) is 6.23. The summed E-state index contributed by atoms with van der Waals surface area (Å²) in [6, 6.07) is 12.5. The van der Waals surface area contributed by atoms with E-state index in [4.69, 9.17) is 10.5 Å². The molecule has 0 aliphatic heterocycles. The molecule has 1 unspecified atom stereocenters. The van der Waals surface area contributed by atoms with E-state index in [0.717, 1.165) is 23.1 Å². The van der Waals surface area contributed by atoms with Crippen LogP contribution in [0.4, 0.5) is 0 Å². The van der Waals surface area contributed by atoms with Gasteiger partial charge < -0.3 is 10.5 Å².